The first kappa shape index (κ1) is 11.7. The molecule has 0 saturated carbocycles. The summed E-state index contributed by atoms with van der Waals surface area (Å²) in [6.45, 7) is 4.50. The van der Waals surface area contributed by atoms with Gasteiger partial charge in [0.1, 0.15) is 5.82 Å². The molecule has 0 aliphatic carbocycles. The normalized spacial score (nSPS) is 12.1. The number of benzene rings is 1. The Kier molecular flexibility index (Phi) is 4.26. The molecular weight excluding hydrogens is 191 g/mol. The minimum atomic E-state index is -0.217. The van der Waals surface area contributed by atoms with Gasteiger partial charge in [-0.25, -0.2) is 4.39 Å². The van der Waals surface area contributed by atoms with Crippen molar-refractivity contribution in [1.82, 2.24) is 5.32 Å². The van der Waals surface area contributed by atoms with Crippen molar-refractivity contribution in [3.63, 3.8) is 0 Å². The molecule has 0 aromatic heterocycles. The van der Waals surface area contributed by atoms with Crippen LogP contribution in [0.2, 0.25) is 0 Å². The van der Waals surface area contributed by atoms with E-state index in [0.717, 1.165) is 11.1 Å². The van der Waals surface area contributed by atoms with Crippen LogP contribution in [0, 0.1) is 24.1 Å². The predicted molar refractivity (Wildman–Crippen MR) is 57.7 cm³/mol. The van der Waals surface area contributed by atoms with Crippen molar-refractivity contribution >= 4 is 0 Å². The first-order valence-electron chi connectivity index (χ1n) is 4.99. The van der Waals surface area contributed by atoms with Gasteiger partial charge in [0.25, 0.3) is 0 Å². The molecule has 1 unspecified atom stereocenters. The molecule has 0 fully saturated rings. The first-order chi connectivity index (χ1) is 7.13. The van der Waals surface area contributed by atoms with Crippen molar-refractivity contribution in [3.8, 4) is 6.07 Å². The average Bonchev–Trinajstić information content (AvgIpc) is 2.20. The molecule has 0 bridgehead atoms. The van der Waals surface area contributed by atoms with Crippen LogP contribution < -0.4 is 5.32 Å². The largest absolute Gasteiger partial charge is 0.309 e. The van der Waals surface area contributed by atoms with Crippen LogP contribution in [0.15, 0.2) is 18.2 Å². The fourth-order valence-electron chi connectivity index (χ4n) is 1.32. The van der Waals surface area contributed by atoms with Gasteiger partial charge >= 0.3 is 0 Å². The highest BCUT2D eigenvalue weighted by molar-refractivity contribution is 5.26. The fraction of sp³-hybridized carbons (Fsp3) is 0.417. The molecular formula is C12H15FN2. The van der Waals surface area contributed by atoms with Crippen LogP contribution in [-0.2, 0) is 6.54 Å². The van der Waals surface area contributed by atoms with Gasteiger partial charge in [-0.1, -0.05) is 6.07 Å². The number of nitrogens with one attached hydrogen (secondary N) is 1. The lowest BCUT2D eigenvalue weighted by molar-refractivity contribution is 0.552. The van der Waals surface area contributed by atoms with E-state index in [1.165, 1.54) is 12.1 Å². The number of hydrogen-bond acceptors (Lipinski definition) is 2. The van der Waals surface area contributed by atoms with Gasteiger partial charge in [0.05, 0.1) is 12.5 Å². The highest BCUT2D eigenvalue weighted by Gasteiger charge is 2.03. The van der Waals surface area contributed by atoms with Gasteiger partial charge in [0.2, 0.25) is 0 Å². The molecule has 1 aromatic rings. The van der Waals surface area contributed by atoms with Gasteiger partial charge in [-0.3, -0.25) is 0 Å². The van der Waals surface area contributed by atoms with E-state index in [-0.39, 0.29) is 11.9 Å². The van der Waals surface area contributed by atoms with Gasteiger partial charge in [-0.15, -0.1) is 0 Å². The second-order valence-electron chi connectivity index (χ2n) is 3.71. The summed E-state index contributed by atoms with van der Waals surface area (Å²) in [6.07, 6.45) is 0.467. The van der Waals surface area contributed by atoms with Gasteiger partial charge in [-0.05, 0) is 37.1 Å². The number of nitriles is 1. The molecule has 0 aliphatic rings. The Labute approximate surface area is 89.7 Å². The Morgan fingerprint density at radius 3 is 2.93 bits per heavy atom. The molecule has 1 atom stereocenters. The molecule has 1 N–H and O–H groups in total. The topological polar surface area (TPSA) is 35.8 Å². The zero-order valence-electron chi connectivity index (χ0n) is 9.05. The molecule has 0 amide bonds. The van der Waals surface area contributed by atoms with E-state index >= 15 is 0 Å². The van der Waals surface area contributed by atoms with Crippen LogP contribution >= 0.6 is 0 Å². The standard InChI is InChI=1S/C12H15FN2/c1-9-3-4-12(13)7-11(9)8-15-10(2)5-6-14/h3-4,7,10,15H,5,8H2,1-2H3. The van der Waals surface area contributed by atoms with Crippen LogP contribution in [0.3, 0.4) is 0 Å². The molecule has 0 spiro atoms. The van der Waals surface area contributed by atoms with E-state index in [4.69, 9.17) is 5.26 Å². The van der Waals surface area contributed by atoms with Crippen LogP contribution in [0.25, 0.3) is 0 Å². The third-order valence-electron chi connectivity index (χ3n) is 2.35. The SMILES string of the molecule is Cc1ccc(F)cc1CNC(C)CC#N. The molecule has 0 radical (unpaired) electrons. The summed E-state index contributed by atoms with van der Waals surface area (Å²) in [6, 6.07) is 6.98. The van der Waals surface area contributed by atoms with Crippen LogP contribution in [-0.4, -0.2) is 6.04 Å². The minimum Gasteiger partial charge on any atom is -0.309 e. The number of rotatable bonds is 4. The molecule has 0 aliphatic heterocycles. The van der Waals surface area contributed by atoms with Gasteiger partial charge in [-0.2, -0.15) is 5.26 Å². The van der Waals surface area contributed by atoms with Crippen molar-refractivity contribution in [2.24, 2.45) is 0 Å². The summed E-state index contributed by atoms with van der Waals surface area (Å²) >= 11 is 0. The maximum Gasteiger partial charge on any atom is 0.123 e. The highest BCUT2D eigenvalue weighted by atomic mass is 19.1. The Bertz CT molecular complexity index is 368. The Balaban J connectivity index is 2.57. The molecule has 0 heterocycles. The third-order valence-corrected chi connectivity index (χ3v) is 2.35. The molecule has 1 aromatic carbocycles. The quantitative estimate of drug-likeness (QED) is 0.821. The lowest BCUT2D eigenvalue weighted by atomic mass is 10.1. The lowest BCUT2D eigenvalue weighted by Gasteiger charge is -2.11. The summed E-state index contributed by atoms with van der Waals surface area (Å²) in [5.74, 6) is -0.217. The number of nitrogens with zero attached hydrogens (tertiary/aromatic N) is 1. The zero-order valence-corrected chi connectivity index (χ0v) is 9.05. The van der Waals surface area contributed by atoms with Gasteiger partial charge in [0, 0.05) is 12.6 Å². The van der Waals surface area contributed by atoms with Crippen LogP contribution in [0.5, 0.6) is 0 Å². The molecule has 15 heavy (non-hydrogen) atoms. The Morgan fingerprint density at radius 2 is 2.27 bits per heavy atom. The van der Waals surface area contributed by atoms with Crippen LogP contribution in [0.4, 0.5) is 4.39 Å². The minimum absolute atomic E-state index is 0.137. The van der Waals surface area contributed by atoms with Crippen molar-refractivity contribution < 1.29 is 4.39 Å². The number of aryl methyl sites for hydroxylation is 1. The van der Waals surface area contributed by atoms with Crippen molar-refractivity contribution in [2.75, 3.05) is 0 Å². The Hall–Kier alpha value is -1.40. The van der Waals surface area contributed by atoms with E-state index in [1.807, 2.05) is 13.8 Å². The summed E-state index contributed by atoms with van der Waals surface area (Å²) in [5, 5.41) is 11.7. The van der Waals surface area contributed by atoms with E-state index in [1.54, 1.807) is 6.07 Å². The van der Waals surface area contributed by atoms with Gasteiger partial charge in [0.15, 0.2) is 0 Å². The smallest absolute Gasteiger partial charge is 0.123 e. The highest BCUT2D eigenvalue weighted by Crippen LogP contribution is 2.10. The molecule has 1 rings (SSSR count). The fourth-order valence-corrected chi connectivity index (χ4v) is 1.32. The summed E-state index contributed by atoms with van der Waals surface area (Å²) < 4.78 is 12.9. The van der Waals surface area contributed by atoms with Gasteiger partial charge < -0.3 is 5.32 Å². The maximum atomic E-state index is 12.9. The third kappa shape index (κ3) is 3.69. The number of halogens is 1. The zero-order chi connectivity index (χ0) is 11.3. The second kappa shape index (κ2) is 5.47. The van der Waals surface area contributed by atoms with Crippen LogP contribution in [0.1, 0.15) is 24.5 Å². The first-order valence-corrected chi connectivity index (χ1v) is 4.99. The molecule has 3 heteroatoms. The van der Waals surface area contributed by atoms with Crippen molar-refractivity contribution in [1.29, 1.82) is 5.26 Å². The lowest BCUT2D eigenvalue weighted by Crippen LogP contribution is -2.25. The monoisotopic (exact) mass is 206 g/mol. The number of hydrogen-bond donors (Lipinski definition) is 1. The van der Waals surface area contributed by atoms with E-state index in [9.17, 15) is 4.39 Å². The van der Waals surface area contributed by atoms with E-state index in [2.05, 4.69) is 11.4 Å². The van der Waals surface area contributed by atoms with Crippen molar-refractivity contribution in [3.05, 3.63) is 35.1 Å². The average molecular weight is 206 g/mol. The second-order valence-corrected chi connectivity index (χ2v) is 3.71. The Morgan fingerprint density at radius 1 is 1.53 bits per heavy atom. The van der Waals surface area contributed by atoms with Crippen molar-refractivity contribution in [2.45, 2.75) is 32.9 Å². The molecule has 2 nitrogen and oxygen atoms in total. The summed E-state index contributed by atoms with van der Waals surface area (Å²) in [4.78, 5) is 0. The maximum absolute atomic E-state index is 12.9. The van der Waals surface area contributed by atoms with E-state index in [0.29, 0.717) is 13.0 Å². The molecule has 0 saturated heterocycles. The van der Waals surface area contributed by atoms with E-state index < -0.39 is 0 Å². The molecule has 80 valence electrons. The summed E-state index contributed by atoms with van der Waals surface area (Å²) in [5.41, 5.74) is 2.01. The predicted octanol–water partition coefficient (Wildman–Crippen LogP) is 2.53. The summed E-state index contributed by atoms with van der Waals surface area (Å²) in [7, 11) is 0.